The second-order valence-electron chi connectivity index (χ2n) is 1.78. The van der Waals surface area contributed by atoms with E-state index in [2.05, 4.69) is 17.8 Å². The Balaban J connectivity index is 4.24. The van der Waals surface area contributed by atoms with E-state index in [-0.39, 0.29) is 0 Å². The zero-order valence-electron chi connectivity index (χ0n) is 7.42. The van der Waals surface area contributed by atoms with Crippen LogP contribution in [-0.2, 0) is 32.4 Å². The molecule has 13 heavy (non-hydrogen) atoms. The molecular weight excluding hydrogens is 223 g/mol. The lowest BCUT2D eigenvalue weighted by molar-refractivity contribution is 0.166. The molecule has 0 aliphatic rings. The second kappa shape index (κ2) is 5.04. The summed E-state index contributed by atoms with van der Waals surface area (Å²) in [4.78, 5) is 0. The first-order chi connectivity index (χ1) is 5.89. The van der Waals surface area contributed by atoms with E-state index in [1.165, 1.54) is 0 Å². The van der Waals surface area contributed by atoms with Gasteiger partial charge in [0, 0.05) is 14.2 Å². The van der Waals surface area contributed by atoms with Crippen molar-refractivity contribution in [1.29, 1.82) is 0 Å². The molecule has 9 heteroatoms. The maximum absolute atomic E-state index is 11.1. The summed E-state index contributed by atoms with van der Waals surface area (Å²) in [6, 6.07) is 0. The Hall–Kier alpha value is 0.0200. The molecule has 0 aromatic carbocycles. The molecular formula is C4H11O7PS. The highest BCUT2D eigenvalue weighted by molar-refractivity contribution is 7.86. The topological polar surface area (TPSA) is 88.1 Å². The molecule has 0 aliphatic carbocycles. The zero-order valence-corrected chi connectivity index (χ0v) is 9.13. The van der Waals surface area contributed by atoms with E-state index in [0.29, 0.717) is 0 Å². The minimum Gasteiger partial charge on any atom is -0.290 e. The molecule has 0 aliphatic heterocycles. The first kappa shape index (κ1) is 13.0. The van der Waals surface area contributed by atoms with Crippen molar-refractivity contribution in [2.24, 2.45) is 0 Å². The van der Waals surface area contributed by atoms with Crippen LogP contribution in [0.5, 0.6) is 0 Å². The van der Waals surface area contributed by atoms with Gasteiger partial charge in [-0.05, 0) is 0 Å². The first-order valence-electron chi connectivity index (χ1n) is 3.03. The van der Waals surface area contributed by atoms with E-state index >= 15 is 0 Å². The molecule has 0 aromatic heterocycles. The molecule has 0 saturated carbocycles. The summed E-state index contributed by atoms with van der Waals surface area (Å²) in [6.45, 7) is 0. The quantitative estimate of drug-likeness (QED) is 0.483. The molecule has 0 N–H and O–H groups in total. The van der Waals surface area contributed by atoms with Crippen molar-refractivity contribution in [2.45, 2.75) is 0 Å². The summed E-state index contributed by atoms with van der Waals surface area (Å²) < 4.78 is 49.6. The zero-order chi connectivity index (χ0) is 10.5. The Morgan fingerprint density at radius 1 is 1.15 bits per heavy atom. The molecule has 0 radical (unpaired) electrons. The largest absolute Gasteiger partial charge is 0.475 e. The van der Waals surface area contributed by atoms with Crippen molar-refractivity contribution in [2.75, 3.05) is 27.3 Å². The van der Waals surface area contributed by atoms with Crippen LogP contribution in [0.2, 0.25) is 0 Å². The molecule has 0 amide bonds. The Morgan fingerprint density at radius 2 is 1.62 bits per heavy atom. The standard InChI is InChI=1S/C4H11O7PS/c1-8-12(5,9-2)11-4-13(6,7)10-3/h4H2,1-3H3. The third-order valence-electron chi connectivity index (χ3n) is 1.06. The van der Waals surface area contributed by atoms with Crippen molar-refractivity contribution in [3.63, 3.8) is 0 Å². The van der Waals surface area contributed by atoms with Gasteiger partial charge in [0.25, 0.3) is 10.1 Å². The van der Waals surface area contributed by atoms with E-state index in [9.17, 15) is 13.0 Å². The summed E-state index contributed by atoms with van der Waals surface area (Å²) in [5, 5.41) is 0. The van der Waals surface area contributed by atoms with Crippen LogP contribution in [0, 0.1) is 0 Å². The lowest BCUT2D eigenvalue weighted by Crippen LogP contribution is -2.10. The van der Waals surface area contributed by atoms with Crippen molar-refractivity contribution in [1.82, 2.24) is 0 Å². The summed E-state index contributed by atoms with van der Waals surface area (Å²) >= 11 is 0. The highest BCUT2D eigenvalue weighted by Gasteiger charge is 2.26. The fourth-order valence-electron chi connectivity index (χ4n) is 0.357. The molecule has 7 nitrogen and oxygen atoms in total. The average molecular weight is 234 g/mol. The number of hydrogen-bond acceptors (Lipinski definition) is 7. The summed E-state index contributed by atoms with van der Waals surface area (Å²) in [5.74, 6) is -0.886. The van der Waals surface area contributed by atoms with Crippen molar-refractivity contribution >= 4 is 17.9 Å². The van der Waals surface area contributed by atoms with E-state index in [1.807, 2.05) is 0 Å². The Kier molecular flexibility index (Phi) is 5.05. The van der Waals surface area contributed by atoms with Crippen molar-refractivity contribution in [3.05, 3.63) is 0 Å². The van der Waals surface area contributed by atoms with E-state index in [0.717, 1.165) is 21.3 Å². The van der Waals surface area contributed by atoms with Crippen LogP contribution in [0.4, 0.5) is 0 Å². The molecule has 0 aromatic rings. The predicted molar refractivity (Wildman–Crippen MR) is 43.5 cm³/mol. The molecule has 0 heterocycles. The van der Waals surface area contributed by atoms with E-state index in [1.54, 1.807) is 0 Å². The number of phosphoric acid groups is 1. The van der Waals surface area contributed by atoms with Crippen LogP contribution in [0.15, 0.2) is 0 Å². The SMILES string of the molecule is COP(=O)(OC)OCS(=O)(=O)OC. The number of hydrogen-bond donors (Lipinski definition) is 0. The summed E-state index contributed by atoms with van der Waals surface area (Å²) in [6.07, 6.45) is 0. The normalized spacial score (nSPS) is 13.2. The number of rotatable bonds is 6. The smallest absolute Gasteiger partial charge is 0.290 e. The van der Waals surface area contributed by atoms with Gasteiger partial charge in [0.2, 0.25) is 0 Å². The van der Waals surface area contributed by atoms with E-state index < -0.39 is 23.9 Å². The van der Waals surface area contributed by atoms with Crippen LogP contribution >= 0.6 is 7.82 Å². The lowest BCUT2D eigenvalue weighted by Gasteiger charge is -2.12. The van der Waals surface area contributed by atoms with Gasteiger partial charge in [0.05, 0.1) is 7.11 Å². The molecule has 0 rings (SSSR count). The van der Waals surface area contributed by atoms with Crippen LogP contribution in [0.1, 0.15) is 0 Å². The maximum atomic E-state index is 11.1. The number of phosphoric ester groups is 1. The fourth-order valence-corrected chi connectivity index (χ4v) is 1.85. The van der Waals surface area contributed by atoms with Gasteiger partial charge in [-0.2, -0.15) is 8.42 Å². The van der Waals surface area contributed by atoms with Crippen LogP contribution in [0.3, 0.4) is 0 Å². The van der Waals surface area contributed by atoms with Gasteiger partial charge in [-0.3, -0.25) is 17.8 Å². The van der Waals surface area contributed by atoms with Crippen LogP contribution in [-0.4, -0.2) is 35.7 Å². The average Bonchev–Trinajstić information content (AvgIpc) is 2.14. The Bertz CT molecular complexity index is 275. The third kappa shape index (κ3) is 4.70. The van der Waals surface area contributed by atoms with Crippen LogP contribution < -0.4 is 0 Å². The minimum atomic E-state index is -3.83. The summed E-state index contributed by atoms with van der Waals surface area (Å²) in [7, 11) is -4.47. The van der Waals surface area contributed by atoms with Gasteiger partial charge in [-0.25, -0.2) is 4.57 Å². The molecule has 0 unspecified atom stereocenters. The molecule has 0 fully saturated rings. The predicted octanol–water partition coefficient (Wildman–Crippen LogP) is 0.338. The first-order valence-corrected chi connectivity index (χ1v) is 6.07. The second-order valence-corrected chi connectivity index (χ2v) is 5.35. The summed E-state index contributed by atoms with van der Waals surface area (Å²) in [5.41, 5.74) is 0. The molecule has 0 spiro atoms. The maximum Gasteiger partial charge on any atom is 0.475 e. The van der Waals surface area contributed by atoms with Crippen molar-refractivity contribution < 1.29 is 30.7 Å². The van der Waals surface area contributed by atoms with Crippen molar-refractivity contribution in [3.8, 4) is 0 Å². The van der Waals surface area contributed by atoms with Gasteiger partial charge in [-0.1, -0.05) is 0 Å². The molecule has 0 atom stereocenters. The van der Waals surface area contributed by atoms with Gasteiger partial charge in [0.1, 0.15) is 0 Å². The Morgan fingerprint density at radius 3 is 1.92 bits per heavy atom. The van der Waals surface area contributed by atoms with E-state index in [4.69, 9.17) is 0 Å². The molecule has 0 saturated heterocycles. The van der Waals surface area contributed by atoms with Crippen LogP contribution in [0.25, 0.3) is 0 Å². The lowest BCUT2D eigenvalue weighted by atomic mass is 11.7. The molecule has 0 bridgehead atoms. The van der Waals surface area contributed by atoms with Gasteiger partial charge < -0.3 is 0 Å². The van der Waals surface area contributed by atoms with Gasteiger partial charge in [0.15, 0.2) is 5.94 Å². The minimum absolute atomic E-state index is 0.886. The fraction of sp³-hybridized carbons (Fsp3) is 1.00. The Labute approximate surface area is 76.7 Å². The third-order valence-corrected chi connectivity index (χ3v) is 3.49. The molecule has 80 valence electrons. The monoisotopic (exact) mass is 234 g/mol. The van der Waals surface area contributed by atoms with Gasteiger partial charge >= 0.3 is 7.82 Å². The highest BCUT2D eigenvalue weighted by atomic mass is 32.2. The highest BCUT2D eigenvalue weighted by Crippen LogP contribution is 2.47. The van der Waals surface area contributed by atoms with Gasteiger partial charge in [-0.15, -0.1) is 0 Å².